The molecule has 0 aliphatic carbocycles. The molecule has 0 nitrogen and oxygen atoms in total. The van der Waals surface area contributed by atoms with E-state index in [1.807, 2.05) is 0 Å². The Morgan fingerprint density at radius 3 is 2.38 bits per heavy atom. The molecule has 0 rings (SSSR count). The molecule has 0 heteroatoms. The van der Waals surface area contributed by atoms with E-state index in [-0.39, 0.29) is 0 Å². The van der Waals surface area contributed by atoms with Crippen LogP contribution in [0.15, 0.2) is 0 Å². The topological polar surface area (TPSA) is 0 Å². The first-order valence-electron chi connectivity index (χ1n) is 2.81. The van der Waals surface area contributed by atoms with Crippen LogP contribution in [0.3, 0.4) is 0 Å². The summed E-state index contributed by atoms with van der Waals surface area (Å²) in [7, 11) is 0. The summed E-state index contributed by atoms with van der Waals surface area (Å²) in [4.78, 5) is 0. The highest BCUT2D eigenvalue weighted by molar-refractivity contribution is 5.05. The van der Waals surface area contributed by atoms with Gasteiger partial charge in [-0.05, 0) is 12.8 Å². The van der Waals surface area contributed by atoms with Crippen LogP contribution in [0.25, 0.3) is 0 Å². The molecular weight excluding hydrogens is 96.1 g/mol. The van der Waals surface area contributed by atoms with Crippen LogP contribution in [0.2, 0.25) is 0 Å². The fourth-order valence-corrected chi connectivity index (χ4v) is 0.328. The van der Waals surface area contributed by atoms with E-state index in [1.165, 1.54) is 5.92 Å². The molecular formula is C8H12. The van der Waals surface area contributed by atoms with Crippen molar-refractivity contribution in [2.24, 2.45) is 0 Å². The van der Waals surface area contributed by atoms with Gasteiger partial charge < -0.3 is 0 Å². The summed E-state index contributed by atoms with van der Waals surface area (Å²) >= 11 is 0. The predicted molar refractivity (Wildman–Crippen MR) is 37.0 cm³/mol. The molecule has 0 unspecified atom stereocenters. The second-order valence-electron chi connectivity index (χ2n) is 1.99. The number of hydrogen-bond acceptors (Lipinski definition) is 0. The zero-order chi connectivity index (χ0) is 6.41. The molecule has 0 amide bonds. The zero-order valence-electron chi connectivity index (χ0n) is 5.62. The van der Waals surface area contributed by atoms with Crippen LogP contribution in [-0.2, 0) is 0 Å². The third-order valence-electron chi connectivity index (χ3n) is 0.692. The van der Waals surface area contributed by atoms with Gasteiger partial charge in [-0.1, -0.05) is 13.8 Å². The van der Waals surface area contributed by atoms with Gasteiger partial charge in [0, 0.05) is 12.8 Å². The third kappa shape index (κ3) is 5.56. The summed E-state index contributed by atoms with van der Waals surface area (Å²) in [6, 6.07) is 0. The van der Waals surface area contributed by atoms with Gasteiger partial charge in [-0.3, -0.25) is 0 Å². The SMILES string of the molecule is [CH2]CC#CC[C](C)C. The van der Waals surface area contributed by atoms with E-state index in [4.69, 9.17) is 0 Å². The molecule has 0 aromatic rings. The third-order valence-corrected chi connectivity index (χ3v) is 0.692. The molecule has 0 fully saturated rings. The maximum Gasteiger partial charge on any atom is 0.0145 e. The summed E-state index contributed by atoms with van der Waals surface area (Å²) in [6.45, 7) is 7.76. The standard InChI is InChI=1S/C8H12/c1-4-5-6-7-8(2)3/h1,4,7H2,2-3H3. The van der Waals surface area contributed by atoms with Crippen molar-refractivity contribution >= 4 is 0 Å². The molecule has 0 N–H and O–H groups in total. The van der Waals surface area contributed by atoms with Crippen molar-refractivity contribution in [3.63, 3.8) is 0 Å². The van der Waals surface area contributed by atoms with Gasteiger partial charge >= 0.3 is 0 Å². The highest BCUT2D eigenvalue weighted by Gasteiger charge is 1.85. The van der Waals surface area contributed by atoms with E-state index in [9.17, 15) is 0 Å². The van der Waals surface area contributed by atoms with Gasteiger partial charge in [-0.2, -0.15) is 0 Å². The molecule has 0 aromatic heterocycles. The molecule has 8 heavy (non-hydrogen) atoms. The lowest BCUT2D eigenvalue weighted by Gasteiger charge is -1.90. The molecule has 0 aliphatic rings. The fraction of sp³-hybridized carbons (Fsp3) is 0.500. The minimum absolute atomic E-state index is 0.729. The van der Waals surface area contributed by atoms with Gasteiger partial charge in [0.25, 0.3) is 0 Å². The van der Waals surface area contributed by atoms with Gasteiger partial charge in [0.05, 0.1) is 0 Å². The van der Waals surface area contributed by atoms with Crippen LogP contribution in [0.4, 0.5) is 0 Å². The maximum absolute atomic E-state index is 3.60. The second-order valence-corrected chi connectivity index (χ2v) is 1.99. The van der Waals surface area contributed by atoms with Crippen LogP contribution in [0, 0.1) is 24.7 Å². The Hall–Kier alpha value is -0.440. The van der Waals surface area contributed by atoms with Crippen LogP contribution in [0.1, 0.15) is 26.7 Å². The van der Waals surface area contributed by atoms with Gasteiger partial charge in [0.15, 0.2) is 0 Å². The molecule has 44 valence electrons. The summed E-state index contributed by atoms with van der Waals surface area (Å²) in [5.41, 5.74) is 0. The van der Waals surface area contributed by atoms with E-state index < -0.39 is 0 Å². The Morgan fingerprint density at radius 1 is 1.38 bits per heavy atom. The van der Waals surface area contributed by atoms with E-state index >= 15 is 0 Å². The molecule has 0 aromatic carbocycles. The Bertz CT molecular complexity index is 90.3. The van der Waals surface area contributed by atoms with Gasteiger partial charge in [-0.25, -0.2) is 0 Å². The average Bonchev–Trinajstić information content (AvgIpc) is 1.66. The molecule has 2 radical (unpaired) electrons. The lowest BCUT2D eigenvalue weighted by Crippen LogP contribution is -1.77. The first-order valence-corrected chi connectivity index (χ1v) is 2.81. The Labute approximate surface area is 52.3 Å². The first-order chi connectivity index (χ1) is 3.77. The van der Waals surface area contributed by atoms with E-state index in [2.05, 4.69) is 32.6 Å². The van der Waals surface area contributed by atoms with Crippen LogP contribution >= 0.6 is 0 Å². The zero-order valence-corrected chi connectivity index (χ0v) is 5.62. The monoisotopic (exact) mass is 108 g/mol. The van der Waals surface area contributed by atoms with Gasteiger partial charge in [0.2, 0.25) is 0 Å². The van der Waals surface area contributed by atoms with Crippen molar-refractivity contribution in [3.8, 4) is 11.8 Å². The van der Waals surface area contributed by atoms with E-state index in [0.29, 0.717) is 0 Å². The summed E-state index contributed by atoms with van der Waals surface area (Å²) in [6.07, 6.45) is 1.66. The molecule has 0 atom stereocenters. The van der Waals surface area contributed by atoms with Crippen LogP contribution in [-0.4, -0.2) is 0 Å². The van der Waals surface area contributed by atoms with Crippen molar-refractivity contribution < 1.29 is 0 Å². The summed E-state index contributed by atoms with van der Waals surface area (Å²) in [5.74, 6) is 7.25. The molecule has 0 saturated heterocycles. The molecule has 0 aliphatic heterocycles. The Morgan fingerprint density at radius 2 is 2.00 bits per heavy atom. The van der Waals surface area contributed by atoms with Crippen molar-refractivity contribution in [2.75, 3.05) is 0 Å². The van der Waals surface area contributed by atoms with Crippen molar-refractivity contribution in [1.29, 1.82) is 0 Å². The summed E-state index contributed by atoms with van der Waals surface area (Å²) in [5, 5.41) is 0. The molecule has 0 saturated carbocycles. The highest BCUT2D eigenvalue weighted by atomic mass is 13.9. The van der Waals surface area contributed by atoms with E-state index in [1.54, 1.807) is 0 Å². The fourth-order valence-electron chi connectivity index (χ4n) is 0.328. The number of hydrogen-bond donors (Lipinski definition) is 0. The minimum Gasteiger partial charge on any atom is -0.103 e. The Balaban J connectivity index is 3.15. The lowest BCUT2D eigenvalue weighted by atomic mass is 10.1. The lowest BCUT2D eigenvalue weighted by molar-refractivity contribution is 1.01. The normalized spacial score (nSPS) is 8.50. The molecule has 0 spiro atoms. The van der Waals surface area contributed by atoms with E-state index in [0.717, 1.165) is 12.8 Å². The molecule has 0 bridgehead atoms. The maximum atomic E-state index is 3.60. The quantitative estimate of drug-likeness (QED) is 0.452. The largest absolute Gasteiger partial charge is 0.103 e. The first kappa shape index (κ1) is 7.56. The molecule has 0 heterocycles. The highest BCUT2D eigenvalue weighted by Crippen LogP contribution is 1.98. The van der Waals surface area contributed by atoms with Crippen molar-refractivity contribution in [3.05, 3.63) is 12.8 Å². The van der Waals surface area contributed by atoms with Crippen molar-refractivity contribution in [1.82, 2.24) is 0 Å². The van der Waals surface area contributed by atoms with Crippen LogP contribution in [0.5, 0.6) is 0 Å². The smallest absolute Gasteiger partial charge is 0.0145 e. The minimum atomic E-state index is 0.729. The second kappa shape index (κ2) is 4.71. The predicted octanol–water partition coefficient (Wildman–Crippen LogP) is 2.22. The van der Waals surface area contributed by atoms with Gasteiger partial charge in [-0.15, -0.1) is 11.8 Å². The Kier molecular flexibility index (Phi) is 4.45. The van der Waals surface area contributed by atoms with Gasteiger partial charge in [0.1, 0.15) is 0 Å². The van der Waals surface area contributed by atoms with Crippen molar-refractivity contribution in [2.45, 2.75) is 26.7 Å². The number of rotatable bonds is 1. The van der Waals surface area contributed by atoms with Crippen LogP contribution < -0.4 is 0 Å². The average molecular weight is 108 g/mol. The summed E-state index contributed by atoms with van der Waals surface area (Å²) < 4.78 is 0.